The molecule has 0 N–H and O–H groups in total. The highest BCUT2D eigenvalue weighted by Gasteiger charge is 2.24. The molecular formula is C19H26O4. The molecule has 1 rings (SSSR count). The average Bonchev–Trinajstić information content (AvgIpc) is 2.50. The lowest BCUT2D eigenvalue weighted by Gasteiger charge is -2.16. The molecule has 23 heavy (non-hydrogen) atoms. The first kappa shape index (κ1) is 18.9. The molecule has 0 aliphatic heterocycles. The van der Waals surface area contributed by atoms with Gasteiger partial charge in [-0.25, -0.2) is 0 Å². The molecule has 126 valence electrons. The molecular weight excluding hydrogens is 292 g/mol. The van der Waals surface area contributed by atoms with Gasteiger partial charge in [-0.3, -0.25) is 9.59 Å². The summed E-state index contributed by atoms with van der Waals surface area (Å²) < 4.78 is 10.9. The lowest BCUT2D eigenvalue weighted by atomic mass is 9.87. The lowest BCUT2D eigenvalue weighted by molar-refractivity contribution is -0.125. The van der Waals surface area contributed by atoms with Crippen LogP contribution in [0.25, 0.3) is 0 Å². The molecule has 1 aromatic carbocycles. The monoisotopic (exact) mass is 318 g/mol. The van der Waals surface area contributed by atoms with Gasteiger partial charge in [-0.2, -0.15) is 0 Å². The van der Waals surface area contributed by atoms with Crippen LogP contribution < -0.4 is 9.47 Å². The first-order chi connectivity index (χ1) is 10.8. The minimum atomic E-state index is -0.520. The molecule has 0 heterocycles. The Kier molecular flexibility index (Phi) is 7.01. The fourth-order valence-electron chi connectivity index (χ4n) is 1.88. The van der Waals surface area contributed by atoms with E-state index in [0.29, 0.717) is 23.7 Å². The number of carbonyl (C=O) groups excluding carboxylic acids is 2. The summed E-state index contributed by atoms with van der Waals surface area (Å²) in [7, 11) is 1.53. The molecule has 0 saturated heterocycles. The van der Waals surface area contributed by atoms with Gasteiger partial charge in [-0.15, -0.1) is 6.58 Å². The van der Waals surface area contributed by atoms with E-state index in [2.05, 4.69) is 6.58 Å². The molecule has 0 saturated carbocycles. The van der Waals surface area contributed by atoms with E-state index in [4.69, 9.17) is 9.47 Å². The first-order valence-electron chi connectivity index (χ1n) is 7.78. The van der Waals surface area contributed by atoms with Crippen LogP contribution >= 0.6 is 0 Å². The van der Waals surface area contributed by atoms with E-state index in [1.807, 2.05) is 26.8 Å². The van der Waals surface area contributed by atoms with Gasteiger partial charge in [-0.05, 0) is 31.0 Å². The Hall–Kier alpha value is -2.10. The largest absolute Gasteiger partial charge is 0.493 e. The summed E-state index contributed by atoms with van der Waals surface area (Å²) in [5.74, 6) is 0.806. The van der Waals surface area contributed by atoms with Crippen molar-refractivity contribution in [1.82, 2.24) is 0 Å². The Morgan fingerprint density at radius 3 is 2.48 bits per heavy atom. The van der Waals surface area contributed by atoms with Gasteiger partial charge in [0.05, 0.1) is 20.1 Å². The van der Waals surface area contributed by atoms with Crippen molar-refractivity contribution in [2.24, 2.45) is 5.41 Å². The van der Waals surface area contributed by atoms with E-state index in [-0.39, 0.29) is 18.0 Å². The van der Waals surface area contributed by atoms with E-state index in [0.717, 1.165) is 12.8 Å². The van der Waals surface area contributed by atoms with Crippen molar-refractivity contribution in [2.75, 3.05) is 13.7 Å². The molecule has 0 atom stereocenters. The number of unbranched alkanes of at least 4 members (excludes halogenated alkanes) is 1. The van der Waals surface area contributed by atoms with Crippen molar-refractivity contribution in [3.05, 3.63) is 36.4 Å². The molecule has 4 heteroatoms. The molecule has 0 radical (unpaired) electrons. The van der Waals surface area contributed by atoms with E-state index in [9.17, 15) is 9.59 Å². The molecule has 0 fully saturated rings. The summed E-state index contributed by atoms with van der Waals surface area (Å²) in [5, 5.41) is 0. The average molecular weight is 318 g/mol. The zero-order valence-electron chi connectivity index (χ0n) is 14.5. The summed E-state index contributed by atoms with van der Waals surface area (Å²) in [6, 6.07) is 5.01. The smallest absolute Gasteiger partial charge is 0.170 e. The molecule has 0 aliphatic rings. The molecule has 1 aromatic rings. The van der Waals surface area contributed by atoms with Crippen LogP contribution in [0.5, 0.6) is 11.5 Å². The third-order valence-corrected chi connectivity index (χ3v) is 3.45. The Morgan fingerprint density at radius 2 is 1.91 bits per heavy atom. The van der Waals surface area contributed by atoms with Crippen molar-refractivity contribution in [1.29, 1.82) is 0 Å². The summed E-state index contributed by atoms with van der Waals surface area (Å²) >= 11 is 0. The van der Waals surface area contributed by atoms with Gasteiger partial charge >= 0.3 is 0 Å². The molecule has 0 bridgehead atoms. The normalized spacial score (nSPS) is 11.0. The van der Waals surface area contributed by atoms with Crippen LogP contribution in [0.1, 0.15) is 50.4 Å². The molecule has 0 aliphatic carbocycles. The van der Waals surface area contributed by atoms with Crippen LogP contribution in [0.3, 0.4) is 0 Å². The van der Waals surface area contributed by atoms with Crippen LogP contribution in [0.2, 0.25) is 0 Å². The van der Waals surface area contributed by atoms with Crippen LogP contribution in [0.15, 0.2) is 30.9 Å². The number of allylic oxidation sites excluding steroid dienone is 1. The van der Waals surface area contributed by atoms with Gasteiger partial charge in [0.2, 0.25) is 0 Å². The Labute approximate surface area is 138 Å². The molecule has 0 spiro atoms. The van der Waals surface area contributed by atoms with Crippen molar-refractivity contribution < 1.29 is 19.1 Å². The number of hydrogen-bond acceptors (Lipinski definition) is 4. The highest BCUT2D eigenvalue weighted by atomic mass is 16.5. The second kappa shape index (κ2) is 8.51. The fourth-order valence-corrected chi connectivity index (χ4v) is 1.88. The first-order valence-corrected chi connectivity index (χ1v) is 7.78. The highest BCUT2D eigenvalue weighted by molar-refractivity contribution is 6.09. The van der Waals surface area contributed by atoms with Crippen LogP contribution in [-0.4, -0.2) is 25.3 Å². The highest BCUT2D eigenvalue weighted by Crippen LogP contribution is 2.29. The van der Waals surface area contributed by atoms with Crippen molar-refractivity contribution in [3.63, 3.8) is 0 Å². The molecule has 0 aromatic heterocycles. The Bertz CT molecular complexity index is 567. The second-order valence-corrected chi connectivity index (χ2v) is 6.42. The maximum Gasteiger partial charge on any atom is 0.170 e. The van der Waals surface area contributed by atoms with Crippen LogP contribution in [0.4, 0.5) is 0 Å². The third-order valence-electron chi connectivity index (χ3n) is 3.45. The van der Waals surface area contributed by atoms with Crippen LogP contribution in [-0.2, 0) is 4.79 Å². The number of carbonyl (C=O) groups is 2. The Balaban J connectivity index is 2.80. The maximum atomic E-state index is 12.3. The zero-order chi connectivity index (χ0) is 17.5. The Morgan fingerprint density at radius 1 is 1.22 bits per heavy atom. The topological polar surface area (TPSA) is 52.6 Å². The second-order valence-electron chi connectivity index (χ2n) is 6.42. The molecule has 0 unspecified atom stereocenters. The van der Waals surface area contributed by atoms with E-state index >= 15 is 0 Å². The molecule has 4 nitrogen and oxygen atoms in total. The third kappa shape index (κ3) is 5.89. The minimum Gasteiger partial charge on any atom is -0.493 e. The van der Waals surface area contributed by atoms with Gasteiger partial charge in [0.25, 0.3) is 0 Å². The van der Waals surface area contributed by atoms with Gasteiger partial charge in [-0.1, -0.05) is 26.8 Å². The van der Waals surface area contributed by atoms with Gasteiger partial charge in [0.1, 0.15) is 5.78 Å². The number of benzene rings is 1. The number of rotatable bonds is 9. The zero-order valence-corrected chi connectivity index (χ0v) is 14.5. The molecule has 0 amide bonds. The van der Waals surface area contributed by atoms with Crippen LogP contribution in [0, 0.1) is 5.41 Å². The number of methoxy groups -OCH3 is 1. The van der Waals surface area contributed by atoms with Crippen molar-refractivity contribution in [3.8, 4) is 11.5 Å². The minimum absolute atomic E-state index is 0.0776. The quantitative estimate of drug-likeness (QED) is 0.296. The number of ether oxygens (including phenoxy) is 2. The number of ketones is 2. The standard InChI is InChI=1S/C19H26O4/c1-6-7-8-11-23-16-10-9-14(12-17(16)22-5)15(20)13-18(21)19(2,3)4/h6,9-10,12H,1,7-8,11,13H2,2-5H3. The van der Waals surface area contributed by atoms with Gasteiger partial charge in [0.15, 0.2) is 17.3 Å². The summed E-state index contributed by atoms with van der Waals surface area (Å²) in [4.78, 5) is 24.2. The number of hydrogen-bond donors (Lipinski definition) is 0. The van der Waals surface area contributed by atoms with E-state index in [1.54, 1.807) is 18.2 Å². The summed E-state index contributed by atoms with van der Waals surface area (Å²) in [6.45, 7) is 9.65. The van der Waals surface area contributed by atoms with Crippen molar-refractivity contribution in [2.45, 2.75) is 40.0 Å². The van der Waals surface area contributed by atoms with Gasteiger partial charge in [0, 0.05) is 11.0 Å². The lowest BCUT2D eigenvalue weighted by Crippen LogP contribution is -2.23. The van der Waals surface area contributed by atoms with Crippen molar-refractivity contribution >= 4 is 11.6 Å². The summed E-state index contributed by atoms with van der Waals surface area (Å²) in [5.41, 5.74) is -0.0635. The van der Waals surface area contributed by atoms with Gasteiger partial charge < -0.3 is 9.47 Å². The SMILES string of the molecule is C=CCCCOc1ccc(C(=O)CC(=O)C(C)(C)C)cc1OC. The predicted molar refractivity (Wildman–Crippen MR) is 91.3 cm³/mol. The fraction of sp³-hybridized carbons (Fsp3) is 0.474. The van der Waals surface area contributed by atoms with E-state index in [1.165, 1.54) is 7.11 Å². The predicted octanol–water partition coefficient (Wildman–Crippen LogP) is 4.23. The maximum absolute atomic E-state index is 12.3. The van der Waals surface area contributed by atoms with E-state index < -0.39 is 5.41 Å². The number of Topliss-reactive ketones (excluding diaryl/α,β-unsaturated/α-hetero) is 2. The summed E-state index contributed by atoms with van der Waals surface area (Å²) in [6.07, 6.45) is 3.49.